The number of aryl methyl sites for hydroxylation is 2. The van der Waals surface area contributed by atoms with E-state index in [9.17, 15) is 4.79 Å². The molecule has 0 atom stereocenters. The van der Waals surface area contributed by atoms with E-state index >= 15 is 0 Å². The molecular formula is C13H18O3. The molecule has 1 aromatic heterocycles. The van der Waals surface area contributed by atoms with E-state index in [4.69, 9.17) is 9.15 Å². The van der Waals surface area contributed by atoms with Crippen molar-refractivity contribution in [3.05, 3.63) is 45.2 Å². The average Bonchev–Trinajstić information content (AvgIpc) is 2.28. The van der Waals surface area contributed by atoms with Gasteiger partial charge >= 0.3 is 0 Å². The Balaban J connectivity index is 2.98. The number of hydrogen-bond acceptors (Lipinski definition) is 3. The van der Waals surface area contributed by atoms with E-state index in [1.807, 2.05) is 6.92 Å². The van der Waals surface area contributed by atoms with Crippen LogP contribution < -0.4 is 5.43 Å². The van der Waals surface area contributed by atoms with Crippen molar-refractivity contribution in [1.29, 1.82) is 0 Å². The number of ether oxygens (including phenoxy) is 1. The van der Waals surface area contributed by atoms with Crippen LogP contribution in [0.25, 0.3) is 0 Å². The normalized spacial score (nSPS) is 10.2. The lowest BCUT2D eigenvalue weighted by molar-refractivity contribution is 0.276. The fourth-order valence-electron chi connectivity index (χ4n) is 1.50. The fourth-order valence-corrected chi connectivity index (χ4v) is 1.50. The van der Waals surface area contributed by atoms with Gasteiger partial charge in [-0.25, -0.2) is 0 Å². The second kappa shape index (κ2) is 5.01. The zero-order valence-corrected chi connectivity index (χ0v) is 10.3. The van der Waals surface area contributed by atoms with E-state index in [0.717, 1.165) is 5.76 Å². The first-order valence-corrected chi connectivity index (χ1v) is 5.29. The van der Waals surface area contributed by atoms with Crippen LogP contribution in [-0.4, -0.2) is 7.11 Å². The Morgan fingerprint density at radius 2 is 1.94 bits per heavy atom. The molecule has 0 aromatic carbocycles. The van der Waals surface area contributed by atoms with E-state index in [-0.39, 0.29) is 5.43 Å². The Labute approximate surface area is 95.7 Å². The van der Waals surface area contributed by atoms with Gasteiger partial charge < -0.3 is 9.15 Å². The number of hydrogen-bond donors (Lipinski definition) is 0. The van der Waals surface area contributed by atoms with E-state index < -0.39 is 0 Å². The van der Waals surface area contributed by atoms with Crippen molar-refractivity contribution in [3.8, 4) is 0 Å². The summed E-state index contributed by atoms with van der Waals surface area (Å²) in [5.41, 5.74) is 1.45. The van der Waals surface area contributed by atoms with Gasteiger partial charge in [-0.1, -0.05) is 6.58 Å². The summed E-state index contributed by atoms with van der Waals surface area (Å²) in [7, 11) is 1.59. The Hall–Kier alpha value is -1.51. The maximum atomic E-state index is 11.8. The molecule has 1 heterocycles. The summed E-state index contributed by atoms with van der Waals surface area (Å²) in [4.78, 5) is 11.8. The third-order valence-corrected chi connectivity index (χ3v) is 2.82. The molecule has 1 aromatic rings. The van der Waals surface area contributed by atoms with Gasteiger partial charge in [0.2, 0.25) is 0 Å². The minimum atomic E-state index is 0.0711. The third-order valence-electron chi connectivity index (χ3n) is 2.82. The van der Waals surface area contributed by atoms with Gasteiger partial charge in [0, 0.05) is 24.0 Å². The molecule has 16 heavy (non-hydrogen) atoms. The summed E-state index contributed by atoms with van der Waals surface area (Å²) < 4.78 is 10.6. The van der Waals surface area contributed by atoms with Gasteiger partial charge in [-0.2, -0.15) is 0 Å². The van der Waals surface area contributed by atoms with Crippen molar-refractivity contribution in [2.24, 2.45) is 0 Å². The summed E-state index contributed by atoms with van der Waals surface area (Å²) in [6.07, 6.45) is 1.32. The SMILES string of the molecule is C=C(CCc1oc(C)c(C)c(=O)c1C)OC. The summed E-state index contributed by atoms with van der Waals surface area (Å²) in [6.45, 7) is 9.13. The molecule has 0 aliphatic rings. The molecule has 0 aliphatic carbocycles. The van der Waals surface area contributed by atoms with Crippen molar-refractivity contribution in [1.82, 2.24) is 0 Å². The van der Waals surface area contributed by atoms with Gasteiger partial charge in [-0.15, -0.1) is 0 Å². The van der Waals surface area contributed by atoms with Crippen molar-refractivity contribution in [2.75, 3.05) is 7.11 Å². The molecule has 88 valence electrons. The first kappa shape index (κ1) is 12.6. The second-order valence-corrected chi connectivity index (χ2v) is 3.90. The monoisotopic (exact) mass is 222 g/mol. The van der Waals surface area contributed by atoms with E-state index in [0.29, 0.717) is 35.5 Å². The highest BCUT2D eigenvalue weighted by Gasteiger charge is 2.10. The predicted molar refractivity (Wildman–Crippen MR) is 63.7 cm³/mol. The predicted octanol–water partition coefficient (Wildman–Crippen LogP) is 2.66. The van der Waals surface area contributed by atoms with Crippen molar-refractivity contribution in [3.63, 3.8) is 0 Å². The molecule has 0 fully saturated rings. The van der Waals surface area contributed by atoms with Gasteiger partial charge in [0.15, 0.2) is 5.43 Å². The standard InChI is InChI=1S/C13H18O3/c1-8(15-5)6-7-12-10(3)13(14)9(2)11(4)16-12/h1,6-7H2,2-5H3. The van der Waals surface area contributed by atoms with E-state index in [1.54, 1.807) is 21.0 Å². The van der Waals surface area contributed by atoms with Crippen LogP contribution in [0.4, 0.5) is 0 Å². The van der Waals surface area contributed by atoms with Crippen molar-refractivity contribution < 1.29 is 9.15 Å². The molecule has 0 aliphatic heterocycles. The molecule has 0 spiro atoms. The maximum Gasteiger partial charge on any atom is 0.191 e. The fraction of sp³-hybridized carbons (Fsp3) is 0.462. The van der Waals surface area contributed by atoms with Crippen LogP contribution in [0.1, 0.15) is 29.1 Å². The first-order valence-electron chi connectivity index (χ1n) is 5.29. The lowest BCUT2D eigenvalue weighted by atomic mass is 10.1. The molecule has 0 saturated carbocycles. The van der Waals surface area contributed by atoms with Gasteiger partial charge in [-0.3, -0.25) is 4.79 Å². The molecule has 3 heteroatoms. The van der Waals surface area contributed by atoms with Gasteiger partial charge in [0.05, 0.1) is 12.9 Å². The van der Waals surface area contributed by atoms with Crippen LogP contribution in [0.15, 0.2) is 21.5 Å². The van der Waals surface area contributed by atoms with E-state index in [1.165, 1.54) is 0 Å². The molecule has 3 nitrogen and oxygen atoms in total. The number of methoxy groups -OCH3 is 1. The highest BCUT2D eigenvalue weighted by Crippen LogP contribution is 2.14. The Morgan fingerprint density at radius 1 is 1.31 bits per heavy atom. The molecule has 0 N–H and O–H groups in total. The third kappa shape index (κ3) is 2.54. The highest BCUT2D eigenvalue weighted by molar-refractivity contribution is 5.25. The van der Waals surface area contributed by atoms with Crippen molar-refractivity contribution in [2.45, 2.75) is 33.6 Å². The molecule has 0 bridgehead atoms. The highest BCUT2D eigenvalue weighted by atomic mass is 16.5. The van der Waals surface area contributed by atoms with Crippen LogP contribution in [0, 0.1) is 20.8 Å². The van der Waals surface area contributed by atoms with Gasteiger partial charge in [0.25, 0.3) is 0 Å². The zero-order chi connectivity index (χ0) is 12.3. The average molecular weight is 222 g/mol. The minimum absolute atomic E-state index is 0.0711. The first-order chi connectivity index (χ1) is 7.47. The maximum absolute atomic E-state index is 11.8. The Morgan fingerprint density at radius 3 is 2.50 bits per heavy atom. The van der Waals surface area contributed by atoms with Crippen LogP contribution in [0.5, 0.6) is 0 Å². The van der Waals surface area contributed by atoms with E-state index in [2.05, 4.69) is 6.58 Å². The molecule has 0 saturated heterocycles. The molecular weight excluding hydrogens is 204 g/mol. The topological polar surface area (TPSA) is 39.4 Å². The minimum Gasteiger partial charge on any atom is -0.502 e. The summed E-state index contributed by atoms with van der Waals surface area (Å²) in [6, 6.07) is 0. The Bertz CT molecular complexity index is 455. The number of rotatable bonds is 4. The van der Waals surface area contributed by atoms with Gasteiger partial charge in [0.1, 0.15) is 11.5 Å². The van der Waals surface area contributed by atoms with Crippen LogP contribution in [0.2, 0.25) is 0 Å². The Kier molecular flexibility index (Phi) is 3.93. The largest absolute Gasteiger partial charge is 0.502 e. The molecule has 0 amide bonds. The molecule has 1 rings (SSSR count). The van der Waals surface area contributed by atoms with Crippen LogP contribution in [-0.2, 0) is 11.2 Å². The summed E-state index contributed by atoms with van der Waals surface area (Å²) in [5.74, 6) is 2.11. The quantitative estimate of drug-likeness (QED) is 0.735. The van der Waals surface area contributed by atoms with Gasteiger partial charge in [-0.05, 0) is 20.8 Å². The van der Waals surface area contributed by atoms with Crippen molar-refractivity contribution >= 4 is 0 Å². The summed E-state index contributed by atoms with van der Waals surface area (Å²) in [5, 5.41) is 0. The lowest BCUT2D eigenvalue weighted by Crippen LogP contribution is -2.13. The van der Waals surface area contributed by atoms with Crippen LogP contribution >= 0.6 is 0 Å². The lowest BCUT2D eigenvalue weighted by Gasteiger charge is -2.08. The zero-order valence-electron chi connectivity index (χ0n) is 10.3. The summed E-state index contributed by atoms with van der Waals surface area (Å²) >= 11 is 0. The molecule has 0 unspecified atom stereocenters. The van der Waals surface area contributed by atoms with Crippen LogP contribution in [0.3, 0.4) is 0 Å². The molecule has 0 radical (unpaired) electrons. The second-order valence-electron chi connectivity index (χ2n) is 3.90. The number of allylic oxidation sites excluding steroid dienone is 1. The smallest absolute Gasteiger partial charge is 0.191 e.